The molecule has 0 saturated heterocycles. The maximum Gasteiger partial charge on any atom is 0.336 e. The fraction of sp³-hybridized carbons (Fsp3) is 0.862. The lowest BCUT2D eigenvalue weighted by Gasteiger charge is -2.43. The fourth-order valence-corrected chi connectivity index (χ4v) is 4.92. The van der Waals surface area contributed by atoms with Gasteiger partial charge in [-0.15, -0.1) is 0 Å². The molecule has 0 aromatic carbocycles. The molecule has 0 N–H and O–H groups in total. The van der Waals surface area contributed by atoms with E-state index in [9.17, 15) is 19.2 Å². The monoisotopic (exact) mass is 510 g/mol. The Labute approximate surface area is 221 Å². The topological polar surface area (TPSA) is 74.8 Å². The number of carbonyl (C=O) groups is 4. The van der Waals surface area contributed by atoms with Crippen LogP contribution in [0.2, 0.25) is 0 Å². The SMILES string of the molecule is CC(C)CC(C(=O)N(C)C(C(=O)[N+](C)(C)C(CC(C)C)C(=O)N(C)C(C)C=O)C(C)C)C(C)C(C)C. The molecule has 0 aliphatic carbocycles. The van der Waals surface area contributed by atoms with Gasteiger partial charge in [-0.1, -0.05) is 62.3 Å². The molecule has 5 atom stereocenters. The number of amides is 3. The molecule has 0 fully saturated rings. The van der Waals surface area contributed by atoms with E-state index < -0.39 is 18.1 Å². The molecule has 0 bridgehead atoms. The number of rotatable bonds is 14. The summed E-state index contributed by atoms with van der Waals surface area (Å²) in [5.74, 6) is 0.357. The lowest BCUT2D eigenvalue weighted by Crippen LogP contribution is -2.66. The van der Waals surface area contributed by atoms with E-state index in [1.54, 1.807) is 40.0 Å². The van der Waals surface area contributed by atoms with Crippen molar-refractivity contribution >= 4 is 24.0 Å². The number of hydrogen-bond acceptors (Lipinski definition) is 4. The van der Waals surface area contributed by atoms with E-state index >= 15 is 0 Å². The summed E-state index contributed by atoms with van der Waals surface area (Å²) in [7, 11) is 6.88. The third-order valence-electron chi connectivity index (χ3n) is 7.86. The third-order valence-corrected chi connectivity index (χ3v) is 7.86. The van der Waals surface area contributed by atoms with Crippen LogP contribution in [0.1, 0.15) is 82.1 Å². The van der Waals surface area contributed by atoms with Gasteiger partial charge in [0.25, 0.3) is 5.91 Å². The predicted molar refractivity (Wildman–Crippen MR) is 147 cm³/mol. The number of nitrogens with zero attached hydrogens (tertiary/aromatic N) is 3. The van der Waals surface area contributed by atoms with Crippen molar-refractivity contribution in [2.45, 2.75) is 100 Å². The molecule has 0 rings (SSSR count). The van der Waals surface area contributed by atoms with Gasteiger partial charge >= 0.3 is 5.91 Å². The van der Waals surface area contributed by atoms with Crippen LogP contribution >= 0.6 is 0 Å². The number of aldehydes is 1. The first-order valence-electron chi connectivity index (χ1n) is 13.7. The molecule has 0 aromatic heterocycles. The molecular weight excluding hydrogens is 454 g/mol. The van der Waals surface area contributed by atoms with E-state index in [1.165, 1.54) is 4.90 Å². The van der Waals surface area contributed by atoms with E-state index in [4.69, 9.17) is 0 Å². The Kier molecular flexibility index (Phi) is 13.6. The van der Waals surface area contributed by atoms with Crippen LogP contribution in [0.25, 0.3) is 0 Å². The zero-order chi connectivity index (χ0) is 28.7. The van der Waals surface area contributed by atoms with Gasteiger partial charge in [-0.2, -0.15) is 0 Å². The van der Waals surface area contributed by atoms with Gasteiger partial charge in [0.05, 0.1) is 20.1 Å². The summed E-state index contributed by atoms with van der Waals surface area (Å²) in [5, 5.41) is 0. The Morgan fingerprint density at radius 3 is 1.56 bits per heavy atom. The molecule has 5 unspecified atom stereocenters. The van der Waals surface area contributed by atoms with Gasteiger partial charge in [0.2, 0.25) is 5.91 Å². The summed E-state index contributed by atoms with van der Waals surface area (Å²) in [4.78, 5) is 56.1. The van der Waals surface area contributed by atoms with Crippen LogP contribution in [-0.2, 0) is 19.2 Å². The zero-order valence-corrected chi connectivity index (χ0v) is 25.7. The largest absolute Gasteiger partial charge is 0.336 e. The fourth-order valence-electron chi connectivity index (χ4n) is 4.92. The summed E-state index contributed by atoms with van der Waals surface area (Å²) >= 11 is 0. The first-order valence-corrected chi connectivity index (χ1v) is 13.7. The van der Waals surface area contributed by atoms with Gasteiger partial charge in [0.1, 0.15) is 12.3 Å². The van der Waals surface area contributed by atoms with Crippen LogP contribution < -0.4 is 0 Å². The molecule has 36 heavy (non-hydrogen) atoms. The molecule has 0 saturated carbocycles. The minimum Gasteiger partial charge on any atom is -0.331 e. The first kappa shape index (κ1) is 34.2. The standard InChI is InChI=1S/C29H56N3O4/c1-18(2)15-24(23(10)20(5)6)27(34)31(12)26(21(7)8)29(36)32(13,14)25(16-19(3)4)28(35)30(11)22(9)17-33/h17-26H,15-16H2,1-14H3/q+1. The molecule has 0 aliphatic heterocycles. The van der Waals surface area contributed by atoms with Gasteiger partial charge in [0, 0.05) is 26.4 Å². The maximum atomic E-state index is 14.2. The van der Waals surface area contributed by atoms with Crippen LogP contribution in [0.15, 0.2) is 0 Å². The van der Waals surface area contributed by atoms with Crippen molar-refractivity contribution in [2.75, 3.05) is 28.2 Å². The molecule has 0 heterocycles. The Morgan fingerprint density at radius 1 is 0.722 bits per heavy atom. The third kappa shape index (κ3) is 8.67. The smallest absolute Gasteiger partial charge is 0.331 e. The first-order chi connectivity index (χ1) is 16.3. The highest BCUT2D eigenvalue weighted by Crippen LogP contribution is 2.31. The van der Waals surface area contributed by atoms with Crippen LogP contribution in [0.3, 0.4) is 0 Å². The lowest BCUT2D eigenvalue weighted by molar-refractivity contribution is -0.833. The molecule has 7 nitrogen and oxygen atoms in total. The summed E-state index contributed by atoms with van der Waals surface area (Å²) in [6, 6.07) is -1.91. The molecule has 3 amide bonds. The maximum absolute atomic E-state index is 14.2. The normalized spacial score (nSPS) is 16.6. The molecule has 0 aliphatic rings. The minimum absolute atomic E-state index is 0.00428. The quantitative estimate of drug-likeness (QED) is 0.255. The summed E-state index contributed by atoms with van der Waals surface area (Å²) in [6.45, 7) is 20.3. The van der Waals surface area contributed by atoms with E-state index in [-0.39, 0.29) is 45.9 Å². The van der Waals surface area contributed by atoms with E-state index in [2.05, 4.69) is 34.6 Å². The second kappa shape index (κ2) is 14.3. The van der Waals surface area contributed by atoms with Gasteiger partial charge < -0.3 is 14.6 Å². The van der Waals surface area contributed by atoms with Crippen LogP contribution in [0, 0.1) is 35.5 Å². The van der Waals surface area contributed by atoms with Crippen molar-refractivity contribution in [1.29, 1.82) is 0 Å². The predicted octanol–water partition coefficient (Wildman–Crippen LogP) is 4.49. The summed E-state index contributed by atoms with van der Waals surface area (Å²) < 4.78 is -0.179. The summed E-state index contributed by atoms with van der Waals surface area (Å²) in [6.07, 6.45) is 2.00. The number of carbonyl (C=O) groups excluding carboxylic acids is 4. The second-order valence-corrected chi connectivity index (χ2v) is 12.8. The Bertz CT molecular complexity index is 745. The highest BCUT2D eigenvalue weighted by molar-refractivity contribution is 5.89. The van der Waals surface area contributed by atoms with Crippen molar-refractivity contribution in [3.63, 3.8) is 0 Å². The molecule has 210 valence electrons. The second-order valence-electron chi connectivity index (χ2n) is 12.8. The highest BCUT2D eigenvalue weighted by Gasteiger charge is 2.49. The average Bonchev–Trinajstić information content (AvgIpc) is 2.77. The van der Waals surface area contributed by atoms with E-state index in [1.807, 2.05) is 27.7 Å². The van der Waals surface area contributed by atoms with Gasteiger partial charge in [-0.3, -0.25) is 14.1 Å². The van der Waals surface area contributed by atoms with Gasteiger partial charge in [-0.05, 0) is 42.9 Å². The van der Waals surface area contributed by atoms with Crippen LogP contribution in [0.5, 0.6) is 0 Å². The minimum atomic E-state index is -0.669. The van der Waals surface area contributed by atoms with E-state index in [0.717, 1.165) is 12.7 Å². The number of quaternary nitrogens is 1. The Hall–Kier alpha value is -1.76. The van der Waals surface area contributed by atoms with E-state index in [0.29, 0.717) is 18.3 Å². The number of hydrogen-bond donors (Lipinski definition) is 0. The van der Waals surface area contributed by atoms with Crippen LogP contribution in [-0.4, -0.2) is 84.6 Å². The van der Waals surface area contributed by atoms with Gasteiger partial charge in [0.15, 0.2) is 6.04 Å². The molecule has 7 heteroatoms. The average molecular weight is 511 g/mol. The van der Waals surface area contributed by atoms with Crippen molar-refractivity contribution < 1.29 is 23.7 Å². The van der Waals surface area contributed by atoms with Crippen molar-refractivity contribution in [3.8, 4) is 0 Å². The Morgan fingerprint density at radius 2 is 1.19 bits per heavy atom. The van der Waals surface area contributed by atoms with Gasteiger partial charge in [-0.25, -0.2) is 4.79 Å². The molecule has 0 spiro atoms. The van der Waals surface area contributed by atoms with Crippen molar-refractivity contribution in [2.24, 2.45) is 35.5 Å². The summed E-state index contributed by atoms with van der Waals surface area (Å²) in [5.41, 5.74) is 0. The Balaban J connectivity index is 6.42. The molecule has 0 radical (unpaired) electrons. The van der Waals surface area contributed by atoms with Crippen molar-refractivity contribution in [3.05, 3.63) is 0 Å². The number of likely N-dealkylation sites (N-methyl/N-ethyl adjacent to an activating group) is 3. The zero-order valence-electron chi connectivity index (χ0n) is 25.7. The highest BCUT2D eigenvalue weighted by atomic mass is 16.2. The lowest BCUT2D eigenvalue weighted by atomic mass is 9.79. The van der Waals surface area contributed by atoms with Crippen LogP contribution in [0.4, 0.5) is 0 Å². The molecular formula is C29H56N3O4+. The molecule has 0 aromatic rings. The van der Waals surface area contributed by atoms with Crippen molar-refractivity contribution in [1.82, 2.24) is 9.80 Å².